The number of hydrogen-bond acceptors (Lipinski definition) is 3. The Balaban J connectivity index is 2.31. The second-order valence-corrected chi connectivity index (χ2v) is 4.05. The Labute approximate surface area is 107 Å². The Kier molecular flexibility index (Phi) is 6.00. The molecule has 0 saturated heterocycles. The fourth-order valence-corrected chi connectivity index (χ4v) is 1.52. The fourth-order valence-electron chi connectivity index (χ4n) is 1.52. The molecule has 1 rings (SSSR count). The molecule has 0 aliphatic carbocycles. The number of ether oxygens (including phenoxy) is 1. The monoisotopic (exact) mass is 252 g/mol. The van der Waals surface area contributed by atoms with Gasteiger partial charge in [-0.2, -0.15) is 0 Å². The van der Waals surface area contributed by atoms with E-state index < -0.39 is 6.10 Å². The summed E-state index contributed by atoms with van der Waals surface area (Å²) >= 11 is 0. The van der Waals surface area contributed by atoms with Crippen molar-refractivity contribution in [2.75, 3.05) is 20.2 Å². The van der Waals surface area contributed by atoms with Crippen LogP contribution in [0.25, 0.3) is 0 Å². The summed E-state index contributed by atoms with van der Waals surface area (Å²) < 4.78 is 5.22. The number of aliphatic hydroxyl groups excluding tert-OH is 1. The van der Waals surface area contributed by atoms with Gasteiger partial charge in [0.05, 0.1) is 13.2 Å². The quantitative estimate of drug-likeness (QED) is 0.705. The molecule has 0 aliphatic heterocycles. The maximum absolute atomic E-state index is 11.3. The van der Waals surface area contributed by atoms with Crippen LogP contribution in [0, 0.1) is 0 Å². The molecule has 0 heterocycles. The number of methoxy groups -OCH3 is 1. The van der Waals surface area contributed by atoms with Crippen molar-refractivity contribution in [1.29, 1.82) is 0 Å². The van der Waals surface area contributed by atoms with Crippen LogP contribution in [0.2, 0.25) is 0 Å². The van der Waals surface area contributed by atoms with Gasteiger partial charge in [0.1, 0.15) is 5.75 Å². The highest BCUT2D eigenvalue weighted by Gasteiger charge is 2.04. The Hall–Kier alpha value is -1.75. The average Bonchev–Trinajstić information content (AvgIpc) is 2.37. The summed E-state index contributed by atoms with van der Waals surface area (Å²) in [6.07, 6.45) is 0.163. The highest BCUT2D eigenvalue weighted by atomic mass is 16.5. The third kappa shape index (κ3) is 5.05. The van der Waals surface area contributed by atoms with Crippen molar-refractivity contribution in [3.05, 3.63) is 29.8 Å². The molecule has 0 spiro atoms. The summed E-state index contributed by atoms with van der Waals surface area (Å²) in [6, 6.07) is 7.43. The maximum Gasteiger partial charge on any atom is 0.314 e. The normalized spacial score (nSPS) is 11.7. The lowest BCUT2D eigenvalue weighted by Gasteiger charge is -2.10. The second-order valence-electron chi connectivity index (χ2n) is 4.05. The topological polar surface area (TPSA) is 70.6 Å². The lowest BCUT2D eigenvalue weighted by molar-refractivity contribution is 0.187. The van der Waals surface area contributed by atoms with Crippen molar-refractivity contribution in [3.8, 4) is 5.75 Å². The zero-order chi connectivity index (χ0) is 13.4. The van der Waals surface area contributed by atoms with E-state index in [1.54, 1.807) is 14.0 Å². The standard InChI is InChI=1S/C13H20N2O3/c1-10(16)9-15-13(17)14-8-7-11-5-3-4-6-12(11)18-2/h3-6,10,16H,7-9H2,1-2H3,(H2,14,15,17)/t10-/m0/s1. The molecule has 0 aliphatic rings. The van der Waals surface area contributed by atoms with Gasteiger partial charge in [0.2, 0.25) is 0 Å². The lowest BCUT2D eigenvalue weighted by atomic mass is 10.1. The molecule has 3 N–H and O–H groups in total. The van der Waals surface area contributed by atoms with Gasteiger partial charge in [0, 0.05) is 13.1 Å². The van der Waals surface area contributed by atoms with Gasteiger partial charge in [-0.3, -0.25) is 0 Å². The number of benzene rings is 1. The van der Waals surface area contributed by atoms with E-state index >= 15 is 0 Å². The highest BCUT2D eigenvalue weighted by molar-refractivity contribution is 5.73. The van der Waals surface area contributed by atoms with Gasteiger partial charge >= 0.3 is 6.03 Å². The summed E-state index contributed by atoms with van der Waals surface area (Å²) in [4.78, 5) is 11.3. The zero-order valence-electron chi connectivity index (χ0n) is 10.8. The molecular weight excluding hydrogens is 232 g/mol. The van der Waals surface area contributed by atoms with Crippen molar-refractivity contribution in [3.63, 3.8) is 0 Å². The van der Waals surface area contributed by atoms with E-state index in [0.29, 0.717) is 13.0 Å². The first-order valence-electron chi connectivity index (χ1n) is 5.95. The van der Waals surface area contributed by atoms with Crippen molar-refractivity contribution in [2.45, 2.75) is 19.4 Å². The Morgan fingerprint density at radius 1 is 1.39 bits per heavy atom. The fraction of sp³-hybridized carbons (Fsp3) is 0.462. The van der Waals surface area contributed by atoms with Crippen LogP contribution in [-0.4, -0.2) is 37.4 Å². The number of hydrogen-bond donors (Lipinski definition) is 3. The molecule has 5 nitrogen and oxygen atoms in total. The molecule has 18 heavy (non-hydrogen) atoms. The molecule has 0 radical (unpaired) electrons. The molecule has 0 aromatic heterocycles. The number of carbonyl (C=O) groups excluding carboxylic acids is 1. The molecule has 1 aromatic carbocycles. The molecule has 0 saturated carbocycles. The zero-order valence-corrected chi connectivity index (χ0v) is 10.8. The summed E-state index contributed by atoms with van der Waals surface area (Å²) in [7, 11) is 1.63. The van der Waals surface area contributed by atoms with Crippen molar-refractivity contribution in [1.82, 2.24) is 10.6 Å². The van der Waals surface area contributed by atoms with Gasteiger partial charge in [-0.1, -0.05) is 18.2 Å². The third-order valence-electron chi connectivity index (χ3n) is 2.43. The molecular formula is C13H20N2O3. The summed E-state index contributed by atoms with van der Waals surface area (Å²) in [5.74, 6) is 0.823. The molecule has 0 fully saturated rings. The average molecular weight is 252 g/mol. The predicted molar refractivity (Wildman–Crippen MR) is 69.8 cm³/mol. The molecule has 0 bridgehead atoms. The van der Waals surface area contributed by atoms with Crippen molar-refractivity contribution >= 4 is 6.03 Å². The number of amides is 2. The summed E-state index contributed by atoms with van der Waals surface area (Å²) in [6.45, 7) is 2.39. The van der Waals surface area contributed by atoms with E-state index in [2.05, 4.69) is 10.6 Å². The molecule has 1 aromatic rings. The van der Waals surface area contributed by atoms with Crippen LogP contribution >= 0.6 is 0 Å². The predicted octanol–water partition coefficient (Wildman–Crippen LogP) is 0.918. The van der Waals surface area contributed by atoms with E-state index in [0.717, 1.165) is 11.3 Å². The van der Waals surface area contributed by atoms with Gasteiger partial charge in [-0.05, 0) is 25.0 Å². The van der Waals surface area contributed by atoms with E-state index in [9.17, 15) is 4.79 Å². The minimum absolute atomic E-state index is 0.250. The number of urea groups is 1. The van der Waals surface area contributed by atoms with Gasteiger partial charge < -0.3 is 20.5 Å². The number of para-hydroxylation sites is 1. The SMILES string of the molecule is COc1ccccc1CCNC(=O)NC[C@H](C)O. The maximum atomic E-state index is 11.3. The number of carbonyl (C=O) groups is 1. The van der Waals surface area contributed by atoms with E-state index in [-0.39, 0.29) is 12.6 Å². The Morgan fingerprint density at radius 3 is 2.78 bits per heavy atom. The van der Waals surface area contributed by atoms with Crippen molar-refractivity contribution in [2.24, 2.45) is 0 Å². The van der Waals surface area contributed by atoms with Gasteiger partial charge in [0.15, 0.2) is 0 Å². The van der Waals surface area contributed by atoms with E-state index in [4.69, 9.17) is 9.84 Å². The minimum Gasteiger partial charge on any atom is -0.496 e. The Morgan fingerprint density at radius 2 is 2.11 bits per heavy atom. The molecule has 2 amide bonds. The van der Waals surface area contributed by atoms with Crippen LogP contribution < -0.4 is 15.4 Å². The molecule has 1 atom stereocenters. The lowest BCUT2D eigenvalue weighted by Crippen LogP contribution is -2.39. The van der Waals surface area contributed by atoms with Gasteiger partial charge in [-0.15, -0.1) is 0 Å². The Bertz CT molecular complexity index is 380. The van der Waals surface area contributed by atoms with Crippen molar-refractivity contribution < 1.29 is 14.6 Å². The largest absolute Gasteiger partial charge is 0.496 e. The highest BCUT2D eigenvalue weighted by Crippen LogP contribution is 2.16. The summed E-state index contributed by atoms with van der Waals surface area (Å²) in [5.41, 5.74) is 1.05. The first-order chi connectivity index (χ1) is 8.63. The first-order valence-corrected chi connectivity index (χ1v) is 5.95. The van der Waals surface area contributed by atoms with Crippen LogP contribution in [0.3, 0.4) is 0 Å². The first kappa shape index (κ1) is 14.3. The van der Waals surface area contributed by atoms with Crippen LogP contribution in [0.15, 0.2) is 24.3 Å². The number of aliphatic hydroxyl groups is 1. The van der Waals surface area contributed by atoms with Crippen LogP contribution in [-0.2, 0) is 6.42 Å². The summed E-state index contributed by atoms with van der Waals surface area (Å²) in [5, 5.41) is 14.3. The van der Waals surface area contributed by atoms with Gasteiger partial charge in [-0.25, -0.2) is 4.79 Å². The van der Waals surface area contributed by atoms with Crippen LogP contribution in [0.5, 0.6) is 5.75 Å². The smallest absolute Gasteiger partial charge is 0.314 e. The van der Waals surface area contributed by atoms with E-state index in [1.165, 1.54) is 0 Å². The van der Waals surface area contributed by atoms with Gasteiger partial charge in [0.25, 0.3) is 0 Å². The molecule has 0 unspecified atom stereocenters. The third-order valence-corrected chi connectivity index (χ3v) is 2.43. The number of rotatable bonds is 6. The molecule has 5 heteroatoms. The van der Waals surface area contributed by atoms with Crippen LogP contribution in [0.1, 0.15) is 12.5 Å². The molecule has 100 valence electrons. The van der Waals surface area contributed by atoms with E-state index in [1.807, 2.05) is 24.3 Å². The second kappa shape index (κ2) is 7.55. The number of nitrogens with one attached hydrogen (secondary N) is 2. The van der Waals surface area contributed by atoms with Crippen LogP contribution in [0.4, 0.5) is 4.79 Å². The minimum atomic E-state index is -0.537.